The smallest absolute Gasteiger partial charge is 0.276 e. The Balaban J connectivity index is 2.70. The number of nitro benzene ring substituents is 1. The maximum atomic E-state index is 12.1. The lowest BCUT2D eigenvalue weighted by atomic mass is 10.1. The summed E-state index contributed by atoms with van der Waals surface area (Å²) >= 11 is 5.32. The SMILES string of the molecule is Cc1cc(S(=O)(=O)C2CC2)c([N+](=O)[O-])cc1C(=O)Cl. The molecule has 0 amide bonds. The van der Waals surface area contributed by atoms with E-state index in [9.17, 15) is 23.3 Å². The van der Waals surface area contributed by atoms with Crippen molar-refractivity contribution in [2.24, 2.45) is 0 Å². The fraction of sp³-hybridized carbons (Fsp3) is 0.364. The zero-order valence-electron chi connectivity index (χ0n) is 9.92. The molecule has 6 nitrogen and oxygen atoms in total. The molecule has 2 rings (SSSR count). The van der Waals surface area contributed by atoms with Gasteiger partial charge in [-0.15, -0.1) is 0 Å². The molecule has 1 saturated carbocycles. The fourth-order valence-corrected chi connectivity index (χ4v) is 3.90. The van der Waals surface area contributed by atoms with Crippen LogP contribution < -0.4 is 0 Å². The van der Waals surface area contributed by atoms with Crippen LogP contribution in [0.2, 0.25) is 0 Å². The van der Waals surface area contributed by atoms with Crippen LogP contribution in [0.15, 0.2) is 17.0 Å². The van der Waals surface area contributed by atoms with Gasteiger partial charge in [-0.3, -0.25) is 14.9 Å². The van der Waals surface area contributed by atoms with Gasteiger partial charge < -0.3 is 0 Å². The minimum atomic E-state index is -3.70. The van der Waals surface area contributed by atoms with Gasteiger partial charge in [0.1, 0.15) is 4.90 Å². The largest absolute Gasteiger partial charge is 0.288 e. The molecule has 8 heteroatoms. The molecule has 0 unspecified atom stereocenters. The summed E-state index contributed by atoms with van der Waals surface area (Å²) in [6.45, 7) is 1.49. The second kappa shape index (κ2) is 4.57. The number of halogens is 1. The predicted molar refractivity (Wildman–Crippen MR) is 68.2 cm³/mol. The molecule has 0 bridgehead atoms. The van der Waals surface area contributed by atoms with E-state index in [1.165, 1.54) is 6.92 Å². The number of aryl methyl sites for hydroxylation is 1. The van der Waals surface area contributed by atoms with Gasteiger partial charge in [0.15, 0.2) is 9.84 Å². The molecule has 0 aliphatic heterocycles. The van der Waals surface area contributed by atoms with Gasteiger partial charge in [-0.05, 0) is 43.0 Å². The van der Waals surface area contributed by atoms with Gasteiger partial charge in [-0.1, -0.05) is 0 Å². The topological polar surface area (TPSA) is 94.3 Å². The van der Waals surface area contributed by atoms with E-state index >= 15 is 0 Å². The van der Waals surface area contributed by atoms with E-state index in [0.29, 0.717) is 18.4 Å². The summed E-state index contributed by atoms with van der Waals surface area (Å²) in [5, 5.41) is 9.58. The average Bonchev–Trinajstić information content (AvgIpc) is 3.11. The average molecular weight is 304 g/mol. The summed E-state index contributed by atoms with van der Waals surface area (Å²) in [6, 6.07) is 2.08. The molecular weight excluding hydrogens is 294 g/mol. The Morgan fingerprint density at radius 1 is 1.42 bits per heavy atom. The number of nitrogens with zero attached hydrogens (tertiary/aromatic N) is 1. The summed E-state index contributed by atoms with van der Waals surface area (Å²) in [5.74, 6) is 0. The maximum Gasteiger partial charge on any atom is 0.288 e. The van der Waals surface area contributed by atoms with E-state index in [4.69, 9.17) is 11.6 Å². The Labute approximate surface area is 114 Å². The van der Waals surface area contributed by atoms with Crippen molar-refractivity contribution >= 4 is 32.4 Å². The highest BCUT2D eigenvalue weighted by atomic mass is 35.5. The molecule has 0 aromatic heterocycles. The number of hydrogen-bond acceptors (Lipinski definition) is 5. The number of nitro groups is 1. The highest BCUT2D eigenvalue weighted by Crippen LogP contribution is 2.38. The minimum absolute atomic E-state index is 0.0527. The van der Waals surface area contributed by atoms with Gasteiger partial charge in [0.25, 0.3) is 10.9 Å². The second-order valence-electron chi connectivity index (χ2n) is 4.41. The van der Waals surface area contributed by atoms with E-state index in [1.54, 1.807) is 0 Å². The first kappa shape index (κ1) is 14.0. The van der Waals surface area contributed by atoms with Crippen molar-refractivity contribution in [2.45, 2.75) is 29.9 Å². The molecule has 1 aromatic rings. The number of carbonyl (C=O) groups excluding carboxylic acids is 1. The zero-order valence-corrected chi connectivity index (χ0v) is 11.5. The summed E-state index contributed by atoms with van der Waals surface area (Å²) in [7, 11) is -3.70. The molecule has 1 fully saturated rings. The lowest BCUT2D eigenvalue weighted by molar-refractivity contribution is -0.387. The fourth-order valence-electron chi connectivity index (χ4n) is 1.81. The normalized spacial score (nSPS) is 15.3. The van der Waals surface area contributed by atoms with Crippen LogP contribution in [0.1, 0.15) is 28.8 Å². The number of carbonyl (C=O) groups is 1. The Morgan fingerprint density at radius 3 is 2.42 bits per heavy atom. The van der Waals surface area contributed by atoms with E-state index in [0.717, 1.165) is 12.1 Å². The van der Waals surface area contributed by atoms with Crippen LogP contribution in [-0.2, 0) is 9.84 Å². The number of sulfone groups is 1. The van der Waals surface area contributed by atoms with Gasteiger partial charge in [-0.2, -0.15) is 0 Å². The van der Waals surface area contributed by atoms with Crippen molar-refractivity contribution in [2.75, 3.05) is 0 Å². The molecule has 0 heterocycles. The van der Waals surface area contributed by atoms with Crippen molar-refractivity contribution in [1.29, 1.82) is 0 Å². The lowest BCUT2D eigenvalue weighted by Gasteiger charge is -2.07. The number of benzene rings is 1. The molecule has 0 atom stereocenters. The monoisotopic (exact) mass is 303 g/mol. The minimum Gasteiger partial charge on any atom is -0.276 e. The van der Waals surface area contributed by atoms with E-state index < -0.39 is 30.9 Å². The van der Waals surface area contributed by atoms with Crippen LogP contribution >= 0.6 is 11.6 Å². The van der Waals surface area contributed by atoms with Gasteiger partial charge >= 0.3 is 0 Å². The molecule has 0 radical (unpaired) electrons. The lowest BCUT2D eigenvalue weighted by Crippen LogP contribution is -2.11. The second-order valence-corrected chi connectivity index (χ2v) is 6.95. The molecule has 0 spiro atoms. The van der Waals surface area contributed by atoms with Gasteiger partial charge in [-0.25, -0.2) is 8.42 Å². The first-order valence-corrected chi connectivity index (χ1v) is 7.40. The zero-order chi connectivity index (χ0) is 14.4. The van der Waals surface area contributed by atoms with Crippen molar-refractivity contribution in [3.05, 3.63) is 33.4 Å². The van der Waals surface area contributed by atoms with Crippen LogP contribution in [0.4, 0.5) is 5.69 Å². The molecule has 1 aromatic carbocycles. The van der Waals surface area contributed by atoms with Gasteiger partial charge in [0, 0.05) is 11.6 Å². The first-order valence-electron chi connectivity index (χ1n) is 5.48. The molecule has 0 N–H and O–H groups in total. The van der Waals surface area contributed by atoms with Gasteiger partial charge in [0.05, 0.1) is 10.2 Å². The molecule has 1 aliphatic rings. The van der Waals surface area contributed by atoms with E-state index in [2.05, 4.69) is 0 Å². The third-order valence-corrected chi connectivity index (χ3v) is 5.48. The van der Waals surface area contributed by atoms with Crippen molar-refractivity contribution < 1.29 is 18.1 Å². The predicted octanol–water partition coefficient (Wildman–Crippen LogP) is 2.22. The summed E-state index contributed by atoms with van der Waals surface area (Å²) < 4.78 is 24.3. The van der Waals surface area contributed by atoms with Crippen molar-refractivity contribution in [1.82, 2.24) is 0 Å². The first-order chi connectivity index (χ1) is 8.75. The summed E-state index contributed by atoms with van der Waals surface area (Å²) in [4.78, 5) is 21.0. The van der Waals surface area contributed by atoms with E-state index in [-0.39, 0.29) is 10.5 Å². The van der Waals surface area contributed by atoms with Crippen LogP contribution in [0.3, 0.4) is 0 Å². The Morgan fingerprint density at radius 2 is 2.00 bits per heavy atom. The Hall–Kier alpha value is -1.47. The third kappa shape index (κ3) is 2.48. The summed E-state index contributed by atoms with van der Waals surface area (Å²) in [6.07, 6.45) is 1.02. The number of hydrogen-bond donors (Lipinski definition) is 0. The number of rotatable bonds is 4. The highest BCUT2D eigenvalue weighted by molar-refractivity contribution is 7.92. The Kier molecular flexibility index (Phi) is 3.36. The van der Waals surface area contributed by atoms with Crippen LogP contribution in [0.25, 0.3) is 0 Å². The quantitative estimate of drug-likeness (QED) is 0.483. The Bertz CT molecular complexity index is 679. The van der Waals surface area contributed by atoms with Crippen molar-refractivity contribution in [3.8, 4) is 0 Å². The van der Waals surface area contributed by atoms with Gasteiger partial charge in [0.2, 0.25) is 0 Å². The molecule has 19 heavy (non-hydrogen) atoms. The third-order valence-electron chi connectivity index (χ3n) is 2.98. The standard InChI is InChI=1S/C11H10ClNO5S/c1-6-4-10(19(17,18)7-2-3-7)9(13(15)16)5-8(6)11(12)14/h4-5,7H,2-3H2,1H3. The molecule has 102 valence electrons. The highest BCUT2D eigenvalue weighted by Gasteiger charge is 2.41. The van der Waals surface area contributed by atoms with Crippen molar-refractivity contribution in [3.63, 3.8) is 0 Å². The molecule has 1 aliphatic carbocycles. The molecular formula is C11H10ClNO5S. The van der Waals surface area contributed by atoms with Crippen LogP contribution in [0, 0.1) is 17.0 Å². The molecule has 0 saturated heterocycles. The van der Waals surface area contributed by atoms with Crippen LogP contribution in [-0.4, -0.2) is 23.8 Å². The van der Waals surface area contributed by atoms with Crippen LogP contribution in [0.5, 0.6) is 0 Å². The summed E-state index contributed by atoms with van der Waals surface area (Å²) in [5.41, 5.74) is -0.338. The maximum absolute atomic E-state index is 12.1. The van der Waals surface area contributed by atoms with E-state index in [1.807, 2.05) is 0 Å².